The molecule has 0 aliphatic carbocycles. The van der Waals surface area contributed by atoms with Crippen LogP contribution in [0.4, 0.5) is 21.5 Å². The number of aromatic nitrogens is 1. The summed E-state index contributed by atoms with van der Waals surface area (Å²) in [4.78, 5) is 35.6. The number of anilines is 1. The third-order valence-electron chi connectivity index (χ3n) is 3.32. The van der Waals surface area contributed by atoms with E-state index in [-0.39, 0.29) is 24.4 Å². The fraction of sp³-hybridized carbons (Fsp3) is 0.188. The number of carbonyl (C=O) groups is 1. The van der Waals surface area contributed by atoms with E-state index in [0.717, 1.165) is 24.4 Å². The number of nitrogens with zero attached hydrogens (tertiary/aromatic N) is 4. The molecule has 0 bridgehead atoms. The second-order valence-corrected chi connectivity index (χ2v) is 5.52. The van der Waals surface area contributed by atoms with Crippen LogP contribution in [0.25, 0.3) is 0 Å². The van der Waals surface area contributed by atoms with Gasteiger partial charge in [-0.15, -0.1) is 0 Å². The molecule has 0 aliphatic rings. The van der Waals surface area contributed by atoms with Gasteiger partial charge in [0.1, 0.15) is 18.1 Å². The highest BCUT2D eigenvalue weighted by atomic mass is 19.1. The molecule has 0 saturated carbocycles. The first-order chi connectivity index (χ1) is 13.3. The lowest BCUT2D eigenvalue weighted by Gasteiger charge is -2.06. The van der Waals surface area contributed by atoms with Crippen molar-refractivity contribution in [2.24, 2.45) is 5.10 Å². The monoisotopic (exact) mass is 391 g/mol. The van der Waals surface area contributed by atoms with E-state index in [4.69, 9.17) is 4.74 Å². The van der Waals surface area contributed by atoms with Gasteiger partial charge in [-0.05, 0) is 19.1 Å². The Bertz CT molecular complexity index is 949. The van der Waals surface area contributed by atoms with Crippen LogP contribution in [0.15, 0.2) is 41.8 Å². The largest absolute Gasteiger partial charge is 0.460 e. The quantitative estimate of drug-likeness (QED) is 0.312. The van der Waals surface area contributed by atoms with Gasteiger partial charge in [-0.25, -0.2) is 4.39 Å². The molecule has 0 aliphatic heterocycles. The maximum Gasteiger partial charge on any atom is 0.311 e. The van der Waals surface area contributed by atoms with Gasteiger partial charge in [0, 0.05) is 23.5 Å². The molecule has 28 heavy (non-hydrogen) atoms. The van der Waals surface area contributed by atoms with Crippen molar-refractivity contribution in [1.29, 1.82) is 0 Å². The molecule has 1 heterocycles. The molecule has 12 heteroatoms. The third kappa shape index (κ3) is 5.79. The van der Waals surface area contributed by atoms with Crippen molar-refractivity contribution in [3.8, 4) is 0 Å². The lowest BCUT2D eigenvalue weighted by molar-refractivity contribution is -0.393. The second-order valence-electron chi connectivity index (χ2n) is 5.52. The Morgan fingerprint density at radius 3 is 2.64 bits per heavy atom. The molecule has 2 aromatic rings. The zero-order valence-electron chi connectivity index (χ0n) is 14.5. The first-order valence-electron chi connectivity index (χ1n) is 7.73. The summed E-state index contributed by atoms with van der Waals surface area (Å²) in [7, 11) is 0. The molecule has 146 valence electrons. The predicted octanol–water partition coefficient (Wildman–Crippen LogP) is 2.96. The topological polar surface area (TPSA) is 150 Å². The number of nitrogens with one attached hydrogen (secondary N) is 1. The number of halogens is 1. The molecule has 0 spiro atoms. The van der Waals surface area contributed by atoms with Crippen molar-refractivity contribution in [2.75, 3.05) is 5.43 Å². The number of non-ortho nitro benzene ring substituents is 1. The summed E-state index contributed by atoms with van der Waals surface area (Å²) in [5.41, 5.74) is 1.98. The first kappa shape index (κ1) is 20.4. The Morgan fingerprint density at radius 2 is 2.00 bits per heavy atom. The molecule has 0 unspecified atom stereocenters. The average molecular weight is 391 g/mol. The molecule has 1 aromatic heterocycles. The Kier molecular flexibility index (Phi) is 6.63. The number of carbonyl (C=O) groups excluding carboxylic acids is 1. The van der Waals surface area contributed by atoms with Crippen LogP contribution in [0.1, 0.15) is 18.9 Å². The van der Waals surface area contributed by atoms with Gasteiger partial charge in [-0.2, -0.15) is 5.10 Å². The minimum absolute atomic E-state index is 0.0749. The lowest BCUT2D eigenvalue weighted by atomic mass is 10.2. The summed E-state index contributed by atoms with van der Waals surface area (Å²) in [6.07, 6.45) is 2.15. The van der Waals surface area contributed by atoms with Crippen molar-refractivity contribution < 1.29 is 23.8 Å². The van der Waals surface area contributed by atoms with Crippen LogP contribution in [0.5, 0.6) is 0 Å². The summed E-state index contributed by atoms with van der Waals surface area (Å²) < 4.78 is 18.0. The van der Waals surface area contributed by atoms with Crippen molar-refractivity contribution in [2.45, 2.75) is 20.0 Å². The van der Waals surface area contributed by atoms with Crippen molar-refractivity contribution in [3.63, 3.8) is 0 Å². The SMILES string of the molecule is C/C(CC(=O)OCc1cncc(F)c1)=N/Nc1ccc([N+](=O)[O-])cc1[N+](=O)[O-]. The number of nitro groups is 2. The van der Waals surface area contributed by atoms with Gasteiger partial charge in [0.2, 0.25) is 0 Å². The number of rotatable bonds is 8. The standard InChI is InChI=1S/C16H14FN5O6/c1-10(4-16(23)28-9-11-5-12(17)8-18-7-11)19-20-14-3-2-13(21(24)25)6-15(14)22(26)27/h2-3,5-8,20H,4,9H2,1H3/b19-10-. The highest BCUT2D eigenvalue weighted by Crippen LogP contribution is 2.28. The number of ether oxygens (including phenoxy) is 1. The van der Waals surface area contributed by atoms with Crippen molar-refractivity contribution in [3.05, 3.63) is 68.3 Å². The van der Waals surface area contributed by atoms with Crippen LogP contribution >= 0.6 is 0 Å². The molecule has 0 fully saturated rings. The van der Waals surface area contributed by atoms with E-state index in [2.05, 4.69) is 15.5 Å². The number of nitro benzene ring substituents is 2. The highest BCUT2D eigenvalue weighted by molar-refractivity contribution is 5.97. The van der Waals surface area contributed by atoms with Crippen LogP contribution in [0.2, 0.25) is 0 Å². The number of pyridine rings is 1. The number of esters is 1. The number of hydrogen-bond donors (Lipinski definition) is 1. The molecule has 1 N–H and O–H groups in total. The Hall–Kier alpha value is -3.96. The fourth-order valence-electron chi connectivity index (χ4n) is 2.03. The molecule has 0 radical (unpaired) electrons. The molecule has 11 nitrogen and oxygen atoms in total. The van der Waals surface area contributed by atoms with Gasteiger partial charge in [-0.3, -0.25) is 35.4 Å². The van der Waals surface area contributed by atoms with E-state index < -0.39 is 33.0 Å². The van der Waals surface area contributed by atoms with E-state index in [0.29, 0.717) is 5.56 Å². The van der Waals surface area contributed by atoms with Crippen LogP contribution in [-0.2, 0) is 16.1 Å². The van der Waals surface area contributed by atoms with E-state index in [1.54, 1.807) is 0 Å². The summed E-state index contributed by atoms with van der Waals surface area (Å²) in [6, 6.07) is 4.20. The van der Waals surface area contributed by atoms with Crippen LogP contribution in [-0.4, -0.2) is 26.5 Å². The van der Waals surface area contributed by atoms with E-state index in [9.17, 15) is 29.4 Å². The third-order valence-corrected chi connectivity index (χ3v) is 3.32. The molecular weight excluding hydrogens is 377 g/mol. The van der Waals surface area contributed by atoms with Gasteiger partial charge in [0.15, 0.2) is 0 Å². The fourth-order valence-corrected chi connectivity index (χ4v) is 2.03. The minimum Gasteiger partial charge on any atom is -0.460 e. The van der Waals surface area contributed by atoms with Gasteiger partial charge >= 0.3 is 11.7 Å². The zero-order chi connectivity index (χ0) is 20.7. The van der Waals surface area contributed by atoms with Crippen molar-refractivity contribution >= 4 is 28.7 Å². The molecule has 0 atom stereocenters. The van der Waals surface area contributed by atoms with Crippen LogP contribution in [0.3, 0.4) is 0 Å². The zero-order valence-corrected chi connectivity index (χ0v) is 14.5. The van der Waals surface area contributed by atoms with Crippen molar-refractivity contribution in [1.82, 2.24) is 4.98 Å². The van der Waals surface area contributed by atoms with E-state index in [1.165, 1.54) is 19.2 Å². The average Bonchev–Trinajstić information content (AvgIpc) is 2.64. The number of hydrogen-bond acceptors (Lipinski definition) is 9. The Labute approximate surface area is 157 Å². The normalized spacial score (nSPS) is 11.0. The van der Waals surface area contributed by atoms with Crippen LogP contribution < -0.4 is 5.43 Å². The van der Waals surface area contributed by atoms with Crippen LogP contribution in [0, 0.1) is 26.0 Å². The summed E-state index contributed by atoms with van der Waals surface area (Å²) in [5, 5.41) is 25.6. The molecule has 0 saturated heterocycles. The van der Waals surface area contributed by atoms with Gasteiger partial charge in [0.05, 0.1) is 28.5 Å². The first-order valence-corrected chi connectivity index (χ1v) is 7.73. The minimum atomic E-state index is -0.790. The Morgan fingerprint density at radius 1 is 1.25 bits per heavy atom. The van der Waals surface area contributed by atoms with E-state index >= 15 is 0 Å². The lowest BCUT2D eigenvalue weighted by Crippen LogP contribution is -2.11. The van der Waals surface area contributed by atoms with Gasteiger partial charge in [0.25, 0.3) is 5.69 Å². The molecule has 1 aromatic carbocycles. The maximum atomic E-state index is 13.0. The maximum absolute atomic E-state index is 13.0. The second kappa shape index (κ2) is 9.12. The van der Waals surface area contributed by atoms with E-state index in [1.807, 2.05) is 0 Å². The van der Waals surface area contributed by atoms with Gasteiger partial charge < -0.3 is 4.74 Å². The molecule has 2 rings (SSSR count). The number of benzene rings is 1. The smallest absolute Gasteiger partial charge is 0.311 e. The summed E-state index contributed by atoms with van der Waals surface area (Å²) >= 11 is 0. The predicted molar refractivity (Wildman–Crippen MR) is 95.1 cm³/mol. The summed E-state index contributed by atoms with van der Waals surface area (Å²) in [5.74, 6) is -1.20. The summed E-state index contributed by atoms with van der Waals surface area (Å²) in [6.45, 7) is 1.31. The molecular formula is C16H14FN5O6. The highest BCUT2D eigenvalue weighted by Gasteiger charge is 2.19. The molecule has 0 amide bonds. The van der Waals surface area contributed by atoms with Gasteiger partial charge in [-0.1, -0.05) is 0 Å². The number of hydrazone groups is 1. The Balaban J connectivity index is 1.97.